The number of amides is 1. The van der Waals surface area contributed by atoms with Crippen molar-refractivity contribution in [2.75, 3.05) is 5.32 Å². The number of alkyl halides is 2. The third kappa shape index (κ3) is 3.29. The summed E-state index contributed by atoms with van der Waals surface area (Å²) in [4.78, 5) is 26.2. The van der Waals surface area contributed by atoms with E-state index in [0.717, 1.165) is 6.42 Å². The molecule has 0 radical (unpaired) electrons. The van der Waals surface area contributed by atoms with Crippen molar-refractivity contribution in [1.29, 1.82) is 0 Å². The van der Waals surface area contributed by atoms with Crippen LogP contribution in [-0.4, -0.2) is 25.2 Å². The number of halogens is 2. The molecular formula is C11H10Br2N2O3. The highest BCUT2D eigenvalue weighted by Crippen LogP contribution is 2.57. The zero-order valence-electron chi connectivity index (χ0n) is 9.19. The fraction of sp³-hybridized carbons (Fsp3) is 0.364. The summed E-state index contributed by atoms with van der Waals surface area (Å²) in [5.74, 6) is -0.959. The number of hydrogen-bond acceptors (Lipinski definition) is 3. The fourth-order valence-corrected chi connectivity index (χ4v) is 2.66. The van der Waals surface area contributed by atoms with Crippen molar-refractivity contribution in [2.24, 2.45) is 5.92 Å². The van der Waals surface area contributed by atoms with Crippen LogP contribution in [0.5, 0.6) is 0 Å². The molecule has 0 aromatic carbocycles. The largest absolute Gasteiger partial charge is 0.478 e. The van der Waals surface area contributed by atoms with Gasteiger partial charge in [-0.15, -0.1) is 0 Å². The van der Waals surface area contributed by atoms with Crippen molar-refractivity contribution in [3.8, 4) is 0 Å². The highest BCUT2D eigenvalue weighted by molar-refractivity contribution is 9.25. The van der Waals surface area contributed by atoms with Gasteiger partial charge < -0.3 is 10.4 Å². The van der Waals surface area contributed by atoms with Gasteiger partial charge in [0.25, 0.3) is 0 Å². The lowest BCUT2D eigenvalue weighted by molar-refractivity contribution is -0.116. The van der Waals surface area contributed by atoms with Gasteiger partial charge >= 0.3 is 5.97 Å². The number of carbonyl (C=O) groups excluding carboxylic acids is 1. The molecule has 1 aliphatic carbocycles. The van der Waals surface area contributed by atoms with Crippen molar-refractivity contribution >= 4 is 49.4 Å². The maximum atomic E-state index is 11.7. The van der Waals surface area contributed by atoms with Crippen molar-refractivity contribution in [3.63, 3.8) is 0 Å². The molecule has 5 nitrogen and oxygen atoms in total. The Hall–Kier alpha value is -0.950. The van der Waals surface area contributed by atoms with Crippen LogP contribution in [0.25, 0.3) is 0 Å². The average Bonchev–Trinajstić information content (AvgIpc) is 2.85. The van der Waals surface area contributed by atoms with Crippen LogP contribution in [-0.2, 0) is 4.79 Å². The van der Waals surface area contributed by atoms with Crippen LogP contribution in [0, 0.1) is 5.92 Å². The lowest BCUT2D eigenvalue weighted by Crippen LogP contribution is -2.14. The van der Waals surface area contributed by atoms with Gasteiger partial charge in [0.15, 0.2) is 0 Å². The molecule has 18 heavy (non-hydrogen) atoms. The van der Waals surface area contributed by atoms with E-state index in [2.05, 4.69) is 42.2 Å². The summed E-state index contributed by atoms with van der Waals surface area (Å²) in [5.41, 5.74) is 0.449. The number of aromatic carboxylic acids is 1. The second kappa shape index (κ2) is 4.97. The lowest BCUT2D eigenvalue weighted by Gasteiger charge is -2.05. The Morgan fingerprint density at radius 1 is 1.50 bits per heavy atom. The Morgan fingerprint density at radius 2 is 2.17 bits per heavy atom. The van der Waals surface area contributed by atoms with Crippen molar-refractivity contribution in [3.05, 3.63) is 24.0 Å². The fourth-order valence-electron chi connectivity index (χ4n) is 1.55. The minimum absolute atomic E-state index is 0.0505. The number of carboxylic acid groups (broad SMARTS) is 1. The molecule has 0 saturated heterocycles. The minimum Gasteiger partial charge on any atom is -0.478 e. The summed E-state index contributed by atoms with van der Waals surface area (Å²) < 4.78 is -0.113. The second-order valence-corrected chi connectivity index (χ2v) is 8.08. The molecule has 96 valence electrons. The van der Waals surface area contributed by atoms with E-state index in [1.165, 1.54) is 18.5 Å². The molecule has 2 N–H and O–H groups in total. The average molecular weight is 378 g/mol. The van der Waals surface area contributed by atoms with E-state index in [0.29, 0.717) is 12.1 Å². The summed E-state index contributed by atoms with van der Waals surface area (Å²) in [6.45, 7) is 0. The molecule has 1 fully saturated rings. The SMILES string of the molecule is O=C(CC1CC1(Br)Br)Nc1cncc(C(=O)O)c1. The molecule has 1 saturated carbocycles. The maximum Gasteiger partial charge on any atom is 0.337 e. The molecule has 0 bridgehead atoms. The molecular weight excluding hydrogens is 368 g/mol. The topological polar surface area (TPSA) is 79.3 Å². The smallest absolute Gasteiger partial charge is 0.337 e. The Morgan fingerprint density at radius 3 is 2.72 bits per heavy atom. The van der Waals surface area contributed by atoms with Gasteiger partial charge in [-0.25, -0.2) is 4.79 Å². The molecule has 2 rings (SSSR count). The number of pyridine rings is 1. The predicted octanol–water partition coefficient (Wildman–Crippen LogP) is 2.61. The Kier molecular flexibility index (Phi) is 3.72. The first kappa shape index (κ1) is 13.5. The summed E-state index contributed by atoms with van der Waals surface area (Å²) in [6.07, 6.45) is 3.94. The number of carbonyl (C=O) groups is 2. The maximum absolute atomic E-state index is 11.7. The van der Waals surface area contributed by atoms with E-state index in [9.17, 15) is 9.59 Å². The van der Waals surface area contributed by atoms with Crippen molar-refractivity contribution in [1.82, 2.24) is 4.98 Å². The number of hydrogen-bond donors (Lipinski definition) is 2. The molecule has 0 aliphatic heterocycles. The van der Waals surface area contributed by atoms with Crippen LogP contribution in [0.15, 0.2) is 18.5 Å². The summed E-state index contributed by atoms with van der Waals surface area (Å²) in [6, 6.07) is 1.38. The van der Waals surface area contributed by atoms with Gasteiger partial charge in [-0.3, -0.25) is 9.78 Å². The van der Waals surface area contributed by atoms with E-state index in [1.54, 1.807) is 0 Å². The zero-order chi connectivity index (χ0) is 13.3. The number of aromatic nitrogens is 1. The third-order valence-corrected chi connectivity index (χ3v) is 4.60. The van der Waals surface area contributed by atoms with Crippen LogP contribution >= 0.6 is 31.9 Å². The molecule has 1 amide bonds. The van der Waals surface area contributed by atoms with E-state index in [4.69, 9.17) is 5.11 Å². The summed E-state index contributed by atoms with van der Waals surface area (Å²) in [5, 5.41) is 11.4. The van der Waals surface area contributed by atoms with Crippen LogP contribution in [0.2, 0.25) is 0 Å². The van der Waals surface area contributed by atoms with E-state index >= 15 is 0 Å². The number of rotatable bonds is 4. The van der Waals surface area contributed by atoms with Crippen LogP contribution < -0.4 is 5.32 Å². The molecule has 1 aliphatic rings. The van der Waals surface area contributed by atoms with Crippen LogP contribution in [0.1, 0.15) is 23.2 Å². The molecule has 0 spiro atoms. The zero-order valence-corrected chi connectivity index (χ0v) is 12.4. The second-order valence-electron chi connectivity index (χ2n) is 4.18. The third-order valence-electron chi connectivity index (χ3n) is 2.66. The number of carboxylic acids is 1. The lowest BCUT2D eigenvalue weighted by atomic mass is 10.2. The van der Waals surface area contributed by atoms with Gasteiger partial charge in [0, 0.05) is 12.6 Å². The van der Waals surface area contributed by atoms with Gasteiger partial charge in [-0.2, -0.15) is 0 Å². The van der Waals surface area contributed by atoms with Gasteiger partial charge in [-0.05, 0) is 18.4 Å². The summed E-state index contributed by atoms with van der Waals surface area (Å²) >= 11 is 6.89. The Bertz CT molecular complexity index is 505. The summed E-state index contributed by atoms with van der Waals surface area (Å²) in [7, 11) is 0. The minimum atomic E-state index is -1.07. The number of nitrogens with one attached hydrogen (secondary N) is 1. The molecule has 7 heteroatoms. The Labute approximate surface area is 120 Å². The van der Waals surface area contributed by atoms with Gasteiger partial charge in [0.2, 0.25) is 5.91 Å². The standard InChI is InChI=1S/C11H10Br2N2O3/c12-11(13)3-7(11)2-9(16)15-8-1-6(10(17)18)4-14-5-8/h1,4-5,7H,2-3H2,(H,15,16)(H,17,18). The van der Waals surface area contributed by atoms with Gasteiger partial charge in [0.05, 0.1) is 20.7 Å². The van der Waals surface area contributed by atoms with Gasteiger partial charge in [0.1, 0.15) is 0 Å². The first-order valence-corrected chi connectivity index (χ1v) is 6.83. The molecule has 1 aromatic rings. The molecule has 1 unspecified atom stereocenters. The number of anilines is 1. The van der Waals surface area contributed by atoms with Crippen molar-refractivity contribution < 1.29 is 14.7 Å². The Balaban J connectivity index is 1.95. The first-order chi connectivity index (χ1) is 8.38. The number of nitrogens with zero attached hydrogens (tertiary/aromatic N) is 1. The molecule has 1 atom stereocenters. The van der Waals surface area contributed by atoms with Crippen LogP contribution in [0.3, 0.4) is 0 Å². The first-order valence-electron chi connectivity index (χ1n) is 5.24. The predicted molar refractivity (Wildman–Crippen MR) is 73.1 cm³/mol. The van der Waals surface area contributed by atoms with E-state index in [1.807, 2.05) is 0 Å². The van der Waals surface area contributed by atoms with E-state index in [-0.39, 0.29) is 20.6 Å². The molecule has 1 aromatic heterocycles. The monoisotopic (exact) mass is 376 g/mol. The van der Waals surface area contributed by atoms with Crippen molar-refractivity contribution in [2.45, 2.75) is 16.1 Å². The van der Waals surface area contributed by atoms with Crippen LogP contribution in [0.4, 0.5) is 5.69 Å². The normalized spacial score (nSPS) is 20.2. The molecule has 1 heterocycles. The van der Waals surface area contributed by atoms with Gasteiger partial charge in [-0.1, -0.05) is 31.9 Å². The quantitative estimate of drug-likeness (QED) is 0.790. The highest BCUT2D eigenvalue weighted by Gasteiger charge is 2.50. The van der Waals surface area contributed by atoms with E-state index < -0.39 is 5.97 Å². The highest BCUT2D eigenvalue weighted by atomic mass is 79.9.